The minimum atomic E-state index is -3.36. The van der Waals surface area contributed by atoms with Gasteiger partial charge in [-0.1, -0.05) is 12.6 Å². The summed E-state index contributed by atoms with van der Waals surface area (Å²) < 4.78 is 28.2. The van der Waals surface area contributed by atoms with Crippen LogP contribution in [0.2, 0.25) is 0 Å². The summed E-state index contributed by atoms with van der Waals surface area (Å²) in [6.07, 6.45) is 6.98. The maximum Gasteiger partial charge on any atom is 0.236 e. The van der Waals surface area contributed by atoms with Gasteiger partial charge in [-0.05, 0) is 44.4 Å². The van der Waals surface area contributed by atoms with Crippen LogP contribution in [0.1, 0.15) is 31.4 Å². The molecule has 2 aliphatic rings. The lowest BCUT2D eigenvalue weighted by Crippen LogP contribution is -2.39. The van der Waals surface area contributed by atoms with Crippen molar-refractivity contribution in [1.82, 2.24) is 19.9 Å². The summed E-state index contributed by atoms with van der Waals surface area (Å²) in [5.74, 6) is 1.30. The molecule has 166 valence electrons. The second-order valence-electron chi connectivity index (χ2n) is 7.83. The fraction of sp³-hybridized carbons (Fsp3) is 0.476. The van der Waals surface area contributed by atoms with E-state index in [9.17, 15) is 8.42 Å². The Balaban J connectivity index is 1.64. The third-order valence-electron chi connectivity index (χ3n) is 5.62. The van der Waals surface area contributed by atoms with Crippen LogP contribution in [0.5, 0.6) is 0 Å². The van der Waals surface area contributed by atoms with Gasteiger partial charge in [0.25, 0.3) is 0 Å². The Morgan fingerprint density at radius 2 is 2.19 bits per heavy atom. The van der Waals surface area contributed by atoms with E-state index in [4.69, 9.17) is 4.98 Å². The standard InChI is InChI=1S/C21H29N7O2S/c1-16(18-8-5-9-19(26-18)25-17-7-6-10-23-13-17)27-15-21(24-14-20(27)22-2)28-11-3-4-12-31(28,29)30/h5,8-9,14-15,17,23H,1,3-4,6-7,10-13H2,2H3,(H,25,26)/b22-20-. The number of anilines is 2. The van der Waals surface area contributed by atoms with Crippen molar-refractivity contribution in [3.8, 4) is 0 Å². The molecule has 31 heavy (non-hydrogen) atoms. The molecule has 2 aromatic heterocycles. The molecule has 2 saturated heterocycles. The van der Waals surface area contributed by atoms with E-state index in [-0.39, 0.29) is 5.75 Å². The number of rotatable bonds is 5. The summed E-state index contributed by atoms with van der Waals surface area (Å²) in [6.45, 7) is 6.62. The van der Waals surface area contributed by atoms with Crippen LogP contribution in [0.15, 0.2) is 42.2 Å². The van der Waals surface area contributed by atoms with Crippen molar-refractivity contribution < 1.29 is 8.42 Å². The molecule has 10 heteroatoms. The molecule has 0 amide bonds. The second-order valence-corrected chi connectivity index (χ2v) is 9.85. The molecule has 9 nitrogen and oxygen atoms in total. The van der Waals surface area contributed by atoms with Gasteiger partial charge in [0.1, 0.15) is 5.82 Å². The van der Waals surface area contributed by atoms with Gasteiger partial charge in [0.05, 0.1) is 29.5 Å². The van der Waals surface area contributed by atoms with Crippen LogP contribution in [0, 0.1) is 0 Å². The second kappa shape index (κ2) is 9.19. The maximum atomic E-state index is 12.5. The summed E-state index contributed by atoms with van der Waals surface area (Å²) in [6, 6.07) is 6.11. The van der Waals surface area contributed by atoms with Crippen molar-refractivity contribution in [3.05, 3.63) is 48.4 Å². The predicted octanol–water partition coefficient (Wildman–Crippen LogP) is 1.42. The molecular weight excluding hydrogens is 414 g/mol. The normalized spacial score (nSPS) is 21.6. The smallest absolute Gasteiger partial charge is 0.236 e. The lowest BCUT2D eigenvalue weighted by molar-refractivity contribution is 0.479. The summed E-state index contributed by atoms with van der Waals surface area (Å²) in [7, 11) is -1.69. The molecule has 2 aliphatic heterocycles. The molecule has 1 atom stereocenters. The van der Waals surface area contributed by atoms with E-state index in [1.807, 2.05) is 18.2 Å². The van der Waals surface area contributed by atoms with E-state index < -0.39 is 10.0 Å². The van der Waals surface area contributed by atoms with E-state index in [1.54, 1.807) is 24.0 Å². The monoisotopic (exact) mass is 443 g/mol. The Morgan fingerprint density at radius 3 is 2.94 bits per heavy atom. The van der Waals surface area contributed by atoms with Gasteiger partial charge in [0.2, 0.25) is 10.0 Å². The molecule has 0 aliphatic carbocycles. The van der Waals surface area contributed by atoms with Gasteiger partial charge in [-0.25, -0.2) is 18.4 Å². The molecule has 2 N–H and O–H groups in total. The van der Waals surface area contributed by atoms with Gasteiger partial charge < -0.3 is 10.6 Å². The fourth-order valence-corrected chi connectivity index (χ4v) is 5.52. The van der Waals surface area contributed by atoms with Crippen LogP contribution in [0.25, 0.3) is 5.70 Å². The third kappa shape index (κ3) is 4.80. The number of nitrogens with one attached hydrogen (secondary N) is 2. The van der Waals surface area contributed by atoms with E-state index in [1.165, 1.54) is 4.31 Å². The first-order valence-corrected chi connectivity index (χ1v) is 12.2. The zero-order valence-electron chi connectivity index (χ0n) is 17.8. The first-order chi connectivity index (χ1) is 15.0. The lowest BCUT2D eigenvalue weighted by atomic mass is 10.1. The molecule has 0 radical (unpaired) electrons. The SMILES string of the molecule is C=C(c1cccc(NC2CCCNC2)n1)n1cc(N2CCCCS2(=O)=O)nc/c1=N/C. The van der Waals surface area contributed by atoms with E-state index in [2.05, 4.69) is 27.2 Å². The Bertz CT molecular complexity index is 1120. The van der Waals surface area contributed by atoms with Crippen LogP contribution in [-0.4, -0.2) is 61.4 Å². The summed E-state index contributed by atoms with van der Waals surface area (Å²) in [5, 5.41) is 6.88. The van der Waals surface area contributed by atoms with Gasteiger partial charge in [-0.2, -0.15) is 0 Å². The summed E-state index contributed by atoms with van der Waals surface area (Å²) in [4.78, 5) is 13.4. The van der Waals surface area contributed by atoms with E-state index in [0.717, 1.165) is 38.2 Å². The largest absolute Gasteiger partial charge is 0.366 e. The van der Waals surface area contributed by atoms with Crippen molar-refractivity contribution in [2.75, 3.05) is 42.1 Å². The van der Waals surface area contributed by atoms with Gasteiger partial charge in [-0.3, -0.25) is 13.9 Å². The molecule has 4 rings (SSSR count). The number of hydrogen-bond acceptors (Lipinski definition) is 7. The van der Waals surface area contributed by atoms with Crippen molar-refractivity contribution in [2.24, 2.45) is 4.99 Å². The molecule has 4 heterocycles. The number of pyridine rings is 1. The average Bonchev–Trinajstić information content (AvgIpc) is 2.79. The molecule has 2 fully saturated rings. The zero-order valence-corrected chi connectivity index (χ0v) is 18.6. The maximum absolute atomic E-state index is 12.5. The Kier molecular flexibility index (Phi) is 6.38. The minimum absolute atomic E-state index is 0.140. The number of piperidine rings is 1. The van der Waals surface area contributed by atoms with E-state index >= 15 is 0 Å². The van der Waals surface area contributed by atoms with Crippen LogP contribution in [-0.2, 0) is 10.0 Å². The number of nitrogens with zero attached hydrogens (tertiary/aromatic N) is 5. The minimum Gasteiger partial charge on any atom is -0.366 e. The van der Waals surface area contributed by atoms with Gasteiger partial charge in [-0.15, -0.1) is 0 Å². The van der Waals surface area contributed by atoms with Gasteiger partial charge in [0, 0.05) is 26.2 Å². The van der Waals surface area contributed by atoms with Crippen molar-refractivity contribution in [1.29, 1.82) is 0 Å². The number of hydrogen-bond donors (Lipinski definition) is 2. The molecule has 0 bridgehead atoms. The highest BCUT2D eigenvalue weighted by Crippen LogP contribution is 2.22. The van der Waals surface area contributed by atoms with Crippen LogP contribution >= 0.6 is 0 Å². The highest BCUT2D eigenvalue weighted by Gasteiger charge is 2.27. The molecule has 0 spiro atoms. The molecule has 0 saturated carbocycles. The third-order valence-corrected chi connectivity index (χ3v) is 7.47. The highest BCUT2D eigenvalue weighted by molar-refractivity contribution is 7.92. The zero-order chi connectivity index (χ0) is 21.8. The van der Waals surface area contributed by atoms with Crippen LogP contribution < -0.4 is 20.4 Å². The Hall–Kier alpha value is -2.72. The fourth-order valence-electron chi connectivity index (χ4n) is 3.94. The first-order valence-electron chi connectivity index (χ1n) is 10.6. The Labute approximate surface area is 183 Å². The van der Waals surface area contributed by atoms with Crippen molar-refractivity contribution in [3.63, 3.8) is 0 Å². The predicted molar refractivity (Wildman–Crippen MR) is 122 cm³/mol. The number of sulfonamides is 1. The molecular formula is C21H29N7O2S. The van der Waals surface area contributed by atoms with Crippen LogP contribution in [0.3, 0.4) is 0 Å². The number of aromatic nitrogens is 3. The lowest BCUT2D eigenvalue weighted by Gasteiger charge is -2.27. The van der Waals surface area contributed by atoms with Gasteiger partial charge >= 0.3 is 0 Å². The highest BCUT2D eigenvalue weighted by atomic mass is 32.2. The Morgan fingerprint density at radius 1 is 1.32 bits per heavy atom. The van der Waals surface area contributed by atoms with Crippen molar-refractivity contribution in [2.45, 2.75) is 31.7 Å². The van der Waals surface area contributed by atoms with Gasteiger partial charge in [0.15, 0.2) is 11.3 Å². The topological polar surface area (TPSA) is 105 Å². The molecule has 2 aromatic rings. The van der Waals surface area contributed by atoms with Crippen LogP contribution in [0.4, 0.5) is 11.6 Å². The first kappa shape index (κ1) is 21.5. The molecule has 0 aromatic carbocycles. The summed E-state index contributed by atoms with van der Waals surface area (Å²) in [5.41, 5.74) is 1.85. The molecule has 1 unspecified atom stereocenters. The van der Waals surface area contributed by atoms with E-state index in [0.29, 0.717) is 41.7 Å². The average molecular weight is 444 g/mol. The quantitative estimate of drug-likeness (QED) is 0.724. The van der Waals surface area contributed by atoms with Crippen molar-refractivity contribution >= 4 is 27.4 Å². The summed E-state index contributed by atoms with van der Waals surface area (Å²) >= 11 is 0.